The summed E-state index contributed by atoms with van der Waals surface area (Å²) in [6.45, 7) is 5.15. The normalized spacial score (nSPS) is 13.8. The second kappa shape index (κ2) is 8.39. The first-order valence-electron chi connectivity index (χ1n) is 7.44. The van der Waals surface area contributed by atoms with Crippen molar-refractivity contribution in [3.05, 3.63) is 29.8 Å². The number of carbonyl (C=O) groups excluding carboxylic acids is 2. The Morgan fingerprint density at radius 1 is 1.08 bits per heavy atom. The second-order valence-corrected chi connectivity index (χ2v) is 7.29. The Morgan fingerprint density at radius 3 is 2.12 bits per heavy atom. The van der Waals surface area contributed by atoms with Crippen LogP contribution in [0.4, 0.5) is 0 Å². The maximum atomic E-state index is 12.3. The van der Waals surface area contributed by atoms with Crippen molar-refractivity contribution in [3.63, 3.8) is 0 Å². The number of benzene rings is 1. The van der Waals surface area contributed by atoms with Crippen LogP contribution in [0.5, 0.6) is 5.75 Å². The van der Waals surface area contributed by atoms with Gasteiger partial charge < -0.3 is 19.9 Å². The molecule has 0 aromatic heterocycles. The van der Waals surface area contributed by atoms with E-state index in [0.717, 1.165) is 11.3 Å². The Hall–Kier alpha value is -1.73. The van der Waals surface area contributed by atoms with Crippen LogP contribution in [0.25, 0.3) is 0 Å². The quantitative estimate of drug-likeness (QED) is 0.592. The zero-order chi connectivity index (χ0) is 18.4. The molecular formula is C17H25NO5S. The summed E-state index contributed by atoms with van der Waals surface area (Å²) in [6, 6.07) is 7.52. The van der Waals surface area contributed by atoms with E-state index < -0.39 is 23.1 Å². The zero-order valence-electron chi connectivity index (χ0n) is 14.8. The maximum absolute atomic E-state index is 12.3. The monoisotopic (exact) mass is 355 g/mol. The number of hydrogen-bond donors (Lipinski definition) is 1. The minimum Gasteiger partial charge on any atom is -0.497 e. The summed E-state index contributed by atoms with van der Waals surface area (Å²) < 4.78 is 15.1. The van der Waals surface area contributed by atoms with Gasteiger partial charge in [0.25, 0.3) is 0 Å². The molecule has 0 aliphatic heterocycles. The fourth-order valence-electron chi connectivity index (χ4n) is 1.80. The summed E-state index contributed by atoms with van der Waals surface area (Å²) >= 11 is 1.36. The summed E-state index contributed by atoms with van der Waals surface area (Å²) in [4.78, 5) is 24.3. The third kappa shape index (κ3) is 5.72. The molecular weight excluding hydrogens is 330 g/mol. The first-order valence-corrected chi connectivity index (χ1v) is 8.59. The van der Waals surface area contributed by atoms with E-state index in [1.54, 1.807) is 27.9 Å². The molecule has 0 spiro atoms. The van der Waals surface area contributed by atoms with E-state index >= 15 is 0 Å². The largest absolute Gasteiger partial charge is 0.497 e. The number of rotatable bonds is 7. The summed E-state index contributed by atoms with van der Waals surface area (Å²) in [5, 5.41) is 0. The fraction of sp³-hybridized carbons (Fsp3) is 0.529. The number of nitrogens with two attached hydrogens (primary N) is 1. The molecule has 1 aromatic carbocycles. The van der Waals surface area contributed by atoms with Gasteiger partial charge in [-0.25, -0.2) is 9.59 Å². The van der Waals surface area contributed by atoms with Crippen molar-refractivity contribution in [2.75, 3.05) is 20.0 Å². The van der Waals surface area contributed by atoms with Crippen molar-refractivity contribution in [2.45, 2.75) is 37.7 Å². The maximum Gasteiger partial charge on any atom is 0.339 e. The lowest BCUT2D eigenvalue weighted by atomic mass is 10.0. The van der Waals surface area contributed by atoms with Crippen molar-refractivity contribution in [3.8, 4) is 5.75 Å². The Balaban J connectivity index is 2.75. The molecule has 0 bridgehead atoms. The molecule has 134 valence electrons. The minimum absolute atomic E-state index is 0.0562. The van der Waals surface area contributed by atoms with Gasteiger partial charge in [0.1, 0.15) is 11.4 Å². The smallest absolute Gasteiger partial charge is 0.339 e. The highest BCUT2D eigenvalue weighted by Crippen LogP contribution is 2.22. The molecule has 0 aliphatic carbocycles. The number of methoxy groups -OCH3 is 2. The molecule has 0 unspecified atom stereocenters. The van der Waals surface area contributed by atoms with E-state index in [9.17, 15) is 9.59 Å². The fourth-order valence-corrected chi connectivity index (χ4v) is 2.89. The standard InChI is InChI=1S/C17H25NO5S/c1-16(2,3)23-15(20)17(18,14(19)22-5)11-24-10-12-6-8-13(21-4)9-7-12/h6-9H,10-11,18H2,1-5H3/t17-/m0/s1. The van der Waals surface area contributed by atoms with Crippen LogP contribution in [0, 0.1) is 0 Å². The van der Waals surface area contributed by atoms with E-state index in [1.807, 2.05) is 24.3 Å². The summed E-state index contributed by atoms with van der Waals surface area (Å²) in [5.41, 5.74) is 4.47. The molecule has 6 nitrogen and oxygen atoms in total. The third-order valence-electron chi connectivity index (χ3n) is 3.07. The number of esters is 2. The van der Waals surface area contributed by atoms with Gasteiger partial charge in [0.2, 0.25) is 5.54 Å². The van der Waals surface area contributed by atoms with Gasteiger partial charge in [0.05, 0.1) is 14.2 Å². The van der Waals surface area contributed by atoms with E-state index in [0.29, 0.717) is 5.75 Å². The number of carbonyl (C=O) groups is 2. The Kier molecular flexibility index (Phi) is 7.10. The van der Waals surface area contributed by atoms with E-state index in [-0.39, 0.29) is 5.75 Å². The molecule has 7 heteroatoms. The van der Waals surface area contributed by atoms with Gasteiger partial charge >= 0.3 is 11.9 Å². The number of thioether (sulfide) groups is 1. The SMILES string of the molecule is COC(=O)[C@@](N)(CSCc1ccc(OC)cc1)C(=O)OC(C)(C)C. The molecule has 0 radical (unpaired) electrons. The van der Waals surface area contributed by atoms with Crippen molar-refractivity contribution in [1.82, 2.24) is 0 Å². The van der Waals surface area contributed by atoms with Crippen molar-refractivity contribution in [1.29, 1.82) is 0 Å². The van der Waals surface area contributed by atoms with Crippen LogP contribution < -0.4 is 10.5 Å². The zero-order valence-corrected chi connectivity index (χ0v) is 15.6. The Morgan fingerprint density at radius 2 is 1.67 bits per heavy atom. The molecule has 0 fully saturated rings. The van der Waals surface area contributed by atoms with Crippen LogP contribution in [0.1, 0.15) is 26.3 Å². The molecule has 1 rings (SSSR count). The summed E-state index contributed by atoms with van der Waals surface area (Å²) in [7, 11) is 2.80. The number of hydrogen-bond acceptors (Lipinski definition) is 7. The molecule has 1 atom stereocenters. The van der Waals surface area contributed by atoms with Crippen molar-refractivity contribution >= 4 is 23.7 Å². The van der Waals surface area contributed by atoms with E-state index in [2.05, 4.69) is 4.74 Å². The van der Waals surface area contributed by atoms with Crippen LogP contribution in [-0.2, 0) is 24.8 Å². The third-order valence-corrected chi connectivity index (χ3v) is 4.27. The predicted molar refractivity (Wildman–Crippen MR) is 93.9 cm³/mol. The molecule has 0 saturated heterocycles. The lowest BCUT2D eigenvalue weighted by Crippen LogP contribution is -2.59. The van der Waals surface area contributed by atoms with Gasteiger partial charge in [-0.15, -0.1) is 0 Å². The van der Waals surface area contributed by atoms with Gasteiger partial charge in [-0.05, 0) is 38.5 Å². The van der Waals surface area contributed by atoms with Gasteiger partial charge in [-0.1, -0.05) is 12.1 Å². The second-order valence-electron chi connectivity index (χ2n) is 6.31. The average molecular weight is 355 g/mol. The first kappa shape index (κ1) is 20.3. The van der Waals surface area contributed by atoms with Crippen LogP contribution in [0.3, 0.4) is 0 Å². The van der Waals surface area contributed by atoms with E-state index in [4.69, 9.17) is 15.2 Å². The first-order chi connectivity index (χ1) is 11.1. The van der Waals surface area contributed by atoms with Crippen LogP contribution in [-0.4, -0.2) is 43.1 Å². The highest BCUT2D eigenvalue weighted by molar-refractivity contribution is 7.98. The highest BCUT2D eigenvalue weighted by Gasteiger charge is 2.46. The highest BCUT2D eigenvalue weighted by atomic mass is 32.2. The van der Waals surface area contributed by atoms with Gasteiger partial charge in [0, 0.05) is 11.5 Å². The average Bonchev–Trinajstić information content (AvgIpc) is 2.52. The van der Waals surface area contributed by atoms with Gasteiger partial charge in [-0.2, -0.15) is 11.8 Å². The topological polar surface area (TPSA) is 87.9 Å². The summed E-state index contributed by atoms with van der Waals surface area (Å²) in [5.74, 6) is -0.188. The van der Waals surface area contributed by atoms with Crippen LogP contribution in [0.15, 0.2) is 24.3 Å². The van der Waals surface area contributed by atoms with Gasteiger partial charge in [-0.3, -0.25) is 0 Å². The minimum atomic E-state index is -1.83. The van der Waals surface area contributed by atoms with Crippen molar-refractivity contribution in [2.24, 2.45) is 5.73 Å². The molecule has 24 heavy (non-hydrogen) atoms. The Bertz CT molecular complexity index is 567. The van der Waals surface area contributed by atoms with E-state index in [1.165, 1.54) is 18.9 Å². The predicted octanol–water partition coefficient (Wildman–Crippen LogP) is 2.14. The molecule has 0 aliphatic rings. The molecule has 2 N–H and O–H groups in total. The van der Waals surface area contributed by atoms with Crippen LogP contribution in [0.2, 0.25) is 0 Å². The molecule has 0 saturated carbocycles. The molecule has 0 heterocycles. The summed E-state index contributed by atoms with van der Waals surface area (Å²) in [6.07, 6.45) is 0. The number of ether oxygens (including phenoxy) is 3. The van der Waals surface area contributed by atoms with Crippen molar-refractivity contribution < 1.29 is 23.8 Å². The lowest BCUT2D eigenvalue weighted by molar-refractivity contribution is -0.169. The lowest BCUT2D eigenvalue weighted by Gasteiger charge is -2.28. The molecule has 1 aromatic rings. The van der Waals surface area contributed by atoms with Gasteiger partial charge in [0.15, 0.2) is 0 Å². The molecule has 0 amide bonds. The van der Waals surface area contributed by atoms with Crippen LogP contribution >= 0.6 is 11.8 Å². The Labute approximate surface area is 147 Å².